The van der Waals surface area contributed by atoms with Crippen molar-refractivity contribution < 1.29 is 23.8 Å². The van der Waals surface area contributed by atoms with Crippen molar-refractivity contribution in [3.63, 3.8) is 0 Å². The van der Waals surface area contributed by atoms with E-state index in [1.54, 1.807) is 42.5 Å². The Kier molecular flexibility index (Phi) is 5.76. The van der Waals surface area contributed by atoms with Gasteiger partial charge in [0.2, 0.25) is 0 Å². The molecule has 2 aromatic carbocycles. The van der Waals surface area contributed by atoms with Crippen molar-refractivity contribution in [3.8, 4) is 11.5 Å². The minimum absolute atomic E-state index is 0.301. The molecule has 0 atom stereocenters. The van der Waals surface area contributed by atoms with Gasteiger partial charge in [-0.25, -0.2) is 4.79 Å². The Morgan fingerprint density at radius 2 is 1.78 bits per heavy atom. The first-order valence-corrected chi connectivity index (χ1v) is 7.52. The Hall–Kier alpha value is -2.34. The monoisotopic (exact) mass is 378 g/mol. The fraction of sp³-hybridized carbons (Fsp3) is 0.176. The molecule has 120 valence electrons. The fourth-order valence-corrected chi connectivity index (χ4v) is 2.43. The van der Waals surface area contributed by atoms with Gasteiger partial charge in [-0.1, -0.05) is 6.07 Å². The average molecular weight is 379 g/mol. The maximum Gasteiger partial charge on any atom is 0.338 e. The number of benzene rings is 2. The third-order valence-corrected chi connectivity index (χ3v) is 3.73. The number of carbonyl (C=O) groups excluding carboxylic acids is 2. The van der Waals surface area contributed by atoms with Gasteiger partial charge in [0.05, 0.1) is 24.3 Å². The molecule has 23 heavy (non-hydrogen) atoms. The Labute approximate surface area is 142 Å². The van der Waals surface area contributed by atoms with Crippen molar-refractivity contribution in [2.45, 2.75) is 0 Å². The van der Waals surface area contributed by atoms with Gasteiger partial charge in [0, 0.05) is 5.56 Å². The molecule has 0 bridgehead atoms. The molecule has 0 saturated heterocycles. The van der Waals surface area contributed by atoms with Crippen molar-refractivity contribution in [3.05, 3.63) is 58.1 Å². The molecule has 0 radical (unpaired) electrons. The van der Waals surface area contributed by atoms with Crippen molar-refractivity contribution in [2.24, 2.45) is 0 Å². The predicted molar refractivity (Wildman–Crippen MR) is 88.3 cm³/mol. The predicted octanol–water partition coefficient (Wildman–Crippen LogP) is 3.51. The molecule has 6 heteroatoms. The zero-order valence-corrected chi connectivity index (χ0v) is 14.3. The molecule has 0 unspecified atom stereocenters. The summed E-state index contributed by atoms with van der Waals surface area (Å²) >= 11 is 3.31. The van der Waals surface area contributed by atoms with Gasteiger partial charge in [-0.2, -0.15) is 0 Å². The number of methoxy groups -OCH3 is 2. The lowest BCUT2D eigenvalue weighted by Gasteiger charge is -2.07. The van der Waals surface area contributed by atoms with Gasteiger partial charge in [0.1, 0.15) is 11.5 Å². The summed E-state index contributed by atoms with van der Waals surface area (Å²) in [6.07, 6.45) is 0. The molecule has 0 spiro atoms. The van der Waals surface area contributed by atoms with E-state index in [9.17, 15) is 9.59 Å². The SMILES string of the molecule is COc1cccc(C(=O)OCC(=O)c2ccc(OC)c(Br)c2)c1. The maximum absolute atomic E-state index is 12.1. The van der Waals surface area contributed by atoms with E-state index < -0.39 is 5.97 Å². The van der Waals surface area contributed by atoms with E-state index in [1.807, 2.05) is 0 Å². The summed E-state index contributed by atoms with van der Waals surface area (Å²) in [5.41, 5.74) is 0.754. The van der Waals surface area contributed by atoms with Crippen molar-refractivity contribution in [2.75, 3.05) is 20.8 Å². The normalized spacial score (nSPS) is 10.0. The molecule has 0 aromatic heterocycles. The number of hydrogen-bond donors (Lipinski definition) is 0. The number of Topliss-reactive ketones (excluding diaryl/α,β-unsaturated/α-hetero) is 1. The smallest absolute Gasteiger partial charge is 0.338 e. The molecule has 0 heterocycles. The molecule has 0 saturated carbocycles. The molecule has 2 rings (SSSR count). The third kappa shape index (κ3) is 4.32. The number of ether oxygens (including phenoxy) is 3. The first-order chi connectivity index (χ1) is 11.0. The van der Waals surface area contributed by atoms with Crippen LogP contribution in [0.15, 0.2) is 46.9 Å². The van der Waals surface area contributed by atoms with Crippen molar-refractivity contribution in [1.82, 2.24) is 0 Å². The second-order valence-electron chi connectivity index (χ2n) is 4.58. The summed E-state index contributed by atoms with van der Waals surface area (Å²) in [4.78, 5) is 24.0. The lowest BCUT2D eigenvalue weighted by molar-refractivity contribution is 0.0474. The summed E-state index contributed by atoms with van der Waals surface area (Å²) < 4.78 is 15.9. The van der Waals surface area contributed by atoms with Crippen LogP contribution in [0.3, 0.4) is 0 Å². The Balaban J connectivity index is 2.00. The largest absolute Gasteiger partial charge is 0.497 e. The van der Waals surface area contributed by atoms with Crippen LogP contribution in [0, 0.1) is 0 Å². The van der Waals surface area contributed by atoms with E-state index in [0.29, 0.717) is 27.1 Å². The molecule has 0 N–H and O–H groups in total. The van der Waals surface area contributed by atoms with Gasteiger partial charge < -0.3 is 14.2 Å². The first kappa shape index (κ1) is 17.0. The number of esters is 1. The zero-order chi connectivity index (χ0) is 16.8. The molecule has 2 aromatic rings. The Bertz CT molecular complexity index is 727. The molecular weight excluding hydrogens is 364 g/mol. The van der Waals surface area contributed by atoms with E-state index in [4.69, 9.17) is 14.2 Å². The highest BCUT2D eigenvalue weighted by molar-refractivity contribution is 9.10. The van der Waals surface area contributed by atoms with Crippen LogP contribution in [0.5, 0.6) is 11.5 Å². The van der Waals surface area contributed by atoms with Crippen LogP contribution in [0.1, 0.15) is 20.7 Å². The van der Waals surface area contributed by atoms with Crippen molar-refractivity contribution >= 4 is 27.7 Å². The van der Waals surface area contributed by atoms with Gasteiger partial charge in [-0.05, 0) is 52.3 Å². The minimum atomic E-state index is -0.579. The summed E-state index contributed by atoms with van der Waals surface area (Å²) in [6, 6.07) is 11.5. The van der Waals surface area contributed by atoms with Crippen LogP contribution in [-0.2, 0) is 4.74 Å². The van der Waals surface area contributed by atoms with Crippen LogP contribution in [0.2, 0.25) is 0 Å². The maximum atomic E-state index is 12.1. The average Bonchev–Trinajstić information content (AvgIpc) is 2.59. The van der Waals surface area contributed by atoms with E-state index in [1.165, 1.54) is 14.2 Å². The number of hydrogen-bond acceptors (Lipinski definition) is 5. The summed E-state index contributed by atoms with van der Waals surface area (Å²) in [5.74, 6) is 0.286. The molecule has 0 aliphatic carbocycles. The lowest BCUT2D eigenvalue weighted by atomic mass is 10.1. The fourth-order valence-electron chi connectivity index (χ4n) is 1.89. The number of halogens is 1. The highest BCUT2D eigenvalue weighted by Crippen LogP contribution is 2.25. The minimum Gasteiger partial charge on any atom is -0.497 e. The Morgan fingerprint density at radius 1 is 1.00 bits per heavy atom. The Morgan fingerprint density at radius 3 is 2.43 bits per heavy atom. The van der Waals surface area contributed by atoms with Gasteiger partial charge in [-0.15, -0.1) is 0 Å². The van der Waals surface area contributed by atoms with E-state index >= 15 is 0 Å². The number of carbonyl (C=O) groups is 2. The lowest BCUT2D eigenvalue weighted by Crippen LogP contribution is -2.14. The van der Waals surface area contributed by atoms with E-state index in [-0.39, 0.29) is 12.4 Å². The molecule has 0 fully saturated rings. The van der Waals surface area contributed by atoms with Gasteiger partial charge in [0.25, 0.3) is 0 Å². The number of rotatable bonds is 6. The van der Waals surface area contributed by atoms with Crippen molar-refractivity contribution in [1.29, 1.82) is 0 Å². The number of ketones is 1. The molecule has 0 amide bonds. The van der Waals surface area contributed by atoms with Gasteiger partial charge in [-0.3, -0.25) is 4.79 Å². The summed E-state index contributed by atoms with van der Waals surface area (Å²) in [5, 5.41) is 0. The molecular formula is C17H15BrO5. The van der Waals surface area contributed by atoms with Crippen LogP contribution in [0.25, 0.3) is 0 Å². The zero-order valence-electron chi connectivity index (χ0n) is 12.7. The summed E-state index contributed by atoms with van der Waals surface area (Å²) in [6.45, 7) is -0.338. The van der Waals surface area contributed by atoms with Crippen LogP contribution in [-0.4, -0.2) is 32.6 Å². The second kappa shape index (κ2) is 7.78. The third-order valence-electron chi connectivity index (χ3n) is 3.11. The van der Waals surface area contributed by atoms with Crippen LogP contribution in [0.4, 0.5) is 0 Å². The topological polar surface area (TPSA) is 61.8 Å². The van der Waals surface area contributed by atoms with E-state index in [0.717, 1.165) is 0 Å². The summed E-state index contributed by atoms with van der Waals surface area (Å²) in [7, 11) is 3.05. The van der Waals surface area contributed by atoms with Crippen LogP contribution >= 0.6 is 15.9 Å². The highest BCUT2D eigenvalue weighted by Gasteiger charge is 2.13. The second-order valence-corrected chi connectivity index (χ2v) is 5.43. The molecule has 0 aliphatic heterocycles. The molecule has 0 aliphatic rings. The molecule has 5 nitrogen and oxygen atoms in total. The standard InChI is InChI=1S/C17H15BrO5/c1-21-13-5-3-4-12(8-13)17(20)23-10-15(19)11-6-7-16(22-2)14(18)9-11/h3-9H,10H2,1-2H3. The quantitative estimate of drug-likeness (QED) is 0.568. The van der Waals surface area contributed by atoms with Gasteiger partial charge in [0.15, 0.2) is 12.4 Å². The first-order valence-electron chi connectivity index (χ1n) is 6.73. The highest BCUT2D eigenvalue weighted by atomic mass is 79.9. The van der Waals surface area contributed by atoms with Crippen LogP contribution < -0.4 is 9.47 Å². The van der Waals surface area contributed by atoms with Gasteiger partial charge >= 0.3 is 5.97 Å². The van der Waals surface area contributed by atoms with E-state index in [2.05, 4.69) is 15.9 Å².